The highest BCUT2D eigenvalue weighted by Gasteiger charge is 2.24. The van der Waals surface area contributed by atoms with Crippen LogP contribution in [0.4, 0.5) is 0 Å². The number of hydrogen-bond acceptors (Lipinski definition) is 5. The monoisotopic (exact) mass is 275 g/mol. The molecule has 0 aliphatic carbocycles. The van der Waals surface area contributed by atoms with E-state index in [1.807, 2.05) is 32.7 Å². The quantitative estimate of drug-likeness (QED) is 0.703. The van der Waals surface area contributed by atoms with Crippen molar-refractivity contribution in [2.24, 2.45) is 0 Å². The summed E-state index contributed by atoms with van der Waals surface area (Å²) in [6, 6.07) is 2.53. The van der Waals surface area contributed by atoms with Gasteiger partial charge in [-0.1, -0.05) is 0 Å². The average molecular weight is 275 g/mol. The molecule has 0 bridgehead atoms. The minimum atomic E-state index is -2.92. The van der Waals surface area contributed by atoms with Crippen molar-refractivity contribution in [2.45, 2.75) is 38.8 Å². The summed E-state index contributed by atoms with van der Waals surface area (Å²) in [5, 5.41) is 12.4. The van der Waals surface area contributed by atoms with E-state index in [-0.39, 0.29) is 11.8 Å². The molecule has 0 saturated carbocycles. The first kappa shape index (κ1) is 17.4. The van der Waals surface area contributed by atoms with Crippen LogP contribution in [0.25, 0.3) is 0 Å². The molecule has 0 aliphatic rings. The van der Waals surface area contributed by atoms with Gasteiger partial charge in [0.25, 0.3) is 0 Å². The van der Waals surface area contributed by atoms with E-state index in [2.05, 4.69) is 11.4 Å². The number of nitriles is 1. The molecule has 0 fully saturated rings. The second-order valence-corrected chi connectivity index (χ2v) is 7.69. The first-order valence-corrected chi connectivity index (χ1v) is 8.19. The van der Waals surface area contributed by atoms with Gasteiger partial charge >= 0.3 is 0 Å². The van der Waals surface area contributed by atoms with Crippen molar-refractivity contribution >= 4 is 9.84 Å². The van der Waals surface area contributed by atoms with Gasteiger partial charge in [-0.25, -0.2) is 8.42 Å². The van der Waals surface area contributed by atoms with E-state index >= 15 is 0 Å². The third kappa shape index (κ3) is 8.45. The first-order chi connectivity index (χ1) is 8.08. The van der Waals surface area contributed by atoms with Gasteiger partial charge < -0.3 is 4.90 Å². The smallest absolute Gasteiger partial charge is 0.148 e. The van der Waals surface area contributed by atoms with Crippen LogP contribution in [0.1, 0.15) is 27.2 Å². The molecule has 0 heterocycles. The Labute approximate surface area is 111 Å². The fourth-order valence-corrected chi connectivity index (χ4v) is 2.29. The van der Waals surface area contributed by atoms with Gasteiger partial charge in [0.05, 0.1) is 11.8 Å². The third-order valence-corrected chi connectivity index (χ3v) is 3.62. The zero-order valence-corrected chi connectivity index (χ0v) is 12.8. The molecule has 0 aromatic heterocycles. The van der Waals surface area contributed by atoms with Gasteiger partial charge in [-0.15, -0.1) is 0 Å². The summed E-state index contributed by atoms with van der Waals surface area (Å²) < 4.78 is 22.1. The summed E-state index contributed by atoms with van der Waals surface area (Å²) in [4.78, 5) is 1.94. The lowest BCUT2D eigenvalue weighted by Crippen LogP contribution is -2.47. The highest BCUT2D eigenvalue weighted by atomic mass is 32.2. The van der Waals surface area contributed by atoms with Gasteiger partial charge in [0.15, 0.2) is 0 Å². The van der Waals surface area contributed by atoms with Crippen LogP contribution in [0.15, 0.2) is 0 Å². The van der Waals surface area contributed by atoms with Gasteiger partial charge in [-0.05, 0) is 34.2 Å². The summed E-state index contributed by atoms with van der Waals surface area (Å²) in [5.74, 6) is 0.157. The Balaban J connectivity index is 4.18. The summed E-state index contributed by atoms with van der Waals surface area (Å²) in [7, 11) is -1.05. The van der Waals surface area contributed by atoms with Gasteiger partial charge in [0.1, 0.15) is 15.4 Å². The second-order valence-electron chi connectivity index (χ2n) is 5.43. The minimum Gasteiger partial charge on any atom is -0.305 e. The minimum absolute atomic E-state index is 0.157. The molecule has 0 amide bonds. The summed E-state index contributed by atoms with van der Waals surface area (Å²) >= 11 is 0. The number of sulfone groups is 1. The predicted octanol–water partition coefficient (Wildman–Crippen LogP) is 0.633. The summed E-state index contributed by atoms with van der Waals surface area (Å²) in [5.41, 5.74) is -0.562. The van der Waals surface area contributed by atoms with E-state index in [0.717, 1.165) is 0 Å². The van der Waals surface area contributed by atoms with Crippen LogP contribution in [0, 0.1) is 11.3 Å². The molecule has 0 radical (unpaired) electrons. The molecule has 1 N–H and O–H groups in total. The largest absolute Gasteiger partial charge is 0.305 e. The number of nitrogens with one attached hydrogen (secondary N) is 1. The molecule has 0 spiro atoms. The molecule has 1 unspecified atom stereocenters. The Morgan fingerprint density at radius 1 is 1.39 bits per heavy atom. The van der Waals surface area contributed by atoms with Crippen LogP contribution in [-0.4, -0.2) is 57.0 Å². The molecule has 6 heteroatoms. The highest BCUT2D eigenvalue weighted by Crippen LogP contribution is 2.10. The summed E-state index contributed by atoms with van der Waals surface area (Å²) in [6.45, 7) is 7.07. The van der Waals surface area contributed by atoms with E-state index in [1.54, 1.807) is 0 Å². The van der Waals surface area contributed by atoms with Crippen molar-refractivity contribution in [3.8, 4) is 6.07 Å². The number of hydrogen-bond donors (Lipinski definition) is 1. The maximum Gasteiger partial charge on any atom is 0.148 e. The Morgan fingerprint density at radius 3 is 2.33 bits per heavy atom. The topological polar surface area (TPSA) is 73.2 Å². The van der Waals surface area contributed by atoms with Crippen molar-refractivity contribution in [1.82, 2.24) is 10.2 Å². The van der Waals surface area contributed by atoms with Gasteiger partial charge in [-0.3, -0.25) is 5.32 Å². The van der Waals surface area contributed by atoms with Crippen molar-refractivity contribution < 1.29 is 8.42 Å². The molecular weight excluding hydrogens is 250 g/mol. The Hall–Kier alpha value is -0.640. The lowest BCUT2D eigenvalue weighted by molar-refractivity contribution is 0.290. The summed E-state index contributed by atoms with van der Waals surface area (Å²) in [6.07, 6.45) is 1.91. The fraction of sp³-hybridized carbons (Fsp3) is 0.917. The molecule has 0 rings (SSSR count). The Bertz CT molecular complexity index is 387. The van der Waals surface area contributed by atoms with E-state index < -0.39 is 15.4 Å². The van der Waals surface area contributed by atoms with Crippen LogP contribution in [-0.2, 0) is 9.84 Å². The van der Waals surface area contributed by atoms with E-state index in [9.17, 15) is 13.7 Å². The zero-order chi connectivity index (χ0) is 14.4. The lowest BCUT2D eigenvalue weighted by atomic mass is 9.98. The highest BCUT2D eigenvalue weighted by molar-refractivity contribution is 7.90. The molecule has 0 aliphatic heterocycles. The van der Waals surface area contributed by atoms with Crippen LogP contribution in [0.5, 0.6) is 0 Å². The Kier molecular flexibility index (Phi) is 6.82. The number of rotatable bonds is 8. The van der Waals surface area contributed by atoms with E-state index in [4.69, 9.17) is 0 Å². The maximum atomic E-state index is 11.0. The van der Waals surface area contributed by atoms with E-state index in [0.29, 0.717) is 19.5 Å². The standard InChI is InChI=1S/C12H25N3O2S/c1-11(2)14-12(3,10-13)6-7-15(4)8-9-18(5,16)17/h11,14H,6-9H2,1-5H3. The van der Waals surface area contributed by atoms with Crippen LogP contribution in [0.2, 0.25) is 0 Å². The molecule has 18 heavy (non-hydrogen) atoms. The van der Waals surface area contributed by atoms with Crippen molar-refractivity contribution in [3.63, 3.8) is 0 Å². The molecule has 1 atom stereocenters. The SMILES string of the molecule is CC(C)NC(C)(C#N)CCN(C)CCS(C)(=O)=O. The van der Waals surface area contributed by atoms with Crippen molar-refractivity contribution in [2.75, 3.05) is 32.1 Å². The average Bonchev–Trinajstić information content (AvgIpc) is 2.21. The van der Waals surface area contributed by atoms with Crippen LogP contribution < -0.4 is 5.32 Å². The fourth-order valence-electron chi connectivity index (χ4n) is 1.65. The van der Waals surface area contributed by atoms with Crippen molar-refractivity contribution in [3.05, 3.63) is 0 Å². The predicted molar refractivity (Wildman–Crippen MR) is 74.1 cm³/mol. The van der Waals surface area contributed by atoms with Gasteiger partial charge in [-0.2, -0.15) is 5.26 Å². The molecule has 0 aromatic carbocycles. The normalized spacial score (nSPS) is 15.7. The molecular formula is C12H25N3O2S. The van der Waals surface area contributed by atoms with Crippen LogP contribution in [0.3, 0.4) is 0 Å². The molecule has 106 valence electrons. The zero-order valence-electron chi connectivity index (χ0n) is 12.0. The number of nitrogens with zero attached hydrogens (tertiary/aromatic N) is 2. The van der Waals surface area contributed by atoms with Crippen molar-refractivity contribution in [1.29, 1.82) is 5.26 Å². The molecule has 5 nitrogen and oxygen atoms in total. The van der Waals surface area contributed by atoms with Gasteiger partial charge in [0.2, 0.25) is 0 Å². The van der Waals surface area contributed by atoms with Gasteiger partial charge in [0, 0.05) is 25.4 Å². The second kappa shape index (κ2) is 7.07. The van der Waals surface area contributed by atoms with Crippen LogP contribution >= 0.6 is 0 Å². The lowest BCUT2D eigenvalue weighted by Gasteiger charge is -2.28. The van der Waals surface area contributed by atoms with E-state index in [1.165, 1.54) is 6.26 Å². The maximum absolute atomic E-state index is 11.0. The third-order valence-electron chi connectivity index (χ3n) is 2.69. The molecule has 0 saturated heterocycles. The molecule has 0 aromatic rings. The first-order valence-electron chi connectivity index (χ1n) is 6.13. The Morgan fingerprint density at radius 2 is 1.94 bits per heavy atom.